The zero-order chi connectivity index (χ0) is 24.2. The van der Waals surface area contributed by atoms with Gasteiger partial charge in [0.05, 0.1) is 17.3 Å². The maximum atomic E-state index is 11.8. The molecule has 0 bridgehead atoms. The highest BCUT2D eigenvalue weighted by atomic mass is 32.2. The Morgan fingerprint density at radius 3 is 2.43 bits per heavy atom. The number of aromatic nitrogens is 2. The number of hydrogen-bond acceptors (Lipinski definition) is 7. The molecule has 0 aliphatic carbocycles. The molecule has 176 valence electrons. The van der Waals surface area contributed by atoms with Gasteiger partial charge in [-0.05, 0) is 36.2 Å². The summed E-state index contributed by atoms with van der Waals surface area (Å²) >= 11 is 1.04. The number of para-hydroxylation sites is 1. The number of carbonyl (C=O) groups excluding carboxylic acids is 2. The van der Waals surface area contributed by atoms with Crippen molar-refractivity contribution in [3.63, 3.8) is 0 Å². The van der Waals surface area contributed by atoms with Crippen molar-refractivity contribution in [3.8, 4) is 17.1 Å². The molecule has 5 rings (SSSR count). The highest BCUT2D eigenvalue weighted by molar-refractivity contribution is 8.15. The molecule has 0 radical (unpaired) electrons. The Labute approximate surface area is 207 Å². The van der Waals surface area contributed by atoms with Gasteiger partial charge in [-0.3, -0.25) is 14.9 Å². The van der Waals surface area contributed by atoms with Crippen LogP contribution in [0.15, 0.2) is 78.9 Å². The summed E-state index contributed by atoms with van der Waals surface area (Å²) in [4.78, 5) is 34.8. The number of carbonyl (C=O) groups is 2. The van der Waals surface area contributed by atoms with Crippen LogP contribution >= 0.6 is 11.8 Å². The maximum Gasteiger partial charge on any atom is 0.286 e. The van der Waals surface area contributed by atoms with Crippen molar-refractivity contribution in [2.75, 3.05) is 25.1 Å². The van der Waals surface area contributed by atoms with E-state index < -0.39 is 0 Å². The van der Waals surface area contributed by atoms with E-state index in [1.165, 1.54) is 0 Å². The van der Waals surface area contributed by atoms with Crippen LogP contribution in [0.4, 0.5) is 10.6 Å². The molecule has 2 amide bonds. The number of likely N-dealkylation sites (N-methyl/N-ethyl adjacent to an activating group) is 1. The van der Waals surface area contributed by atoms with E-state index in [2.05, 4.69) is 10.2 Å². The fourth-order valence-electron chi connectivity index (χ4n) is 3.94. The first-order chi connectivity index (χ1) is 17.1. The second-order valence-electron chi connectivity index (χ2n) is 8.26. The van der Waals surface area contributed by atoms with E-state index in [9.17, 15) is 9.59 Å². The van der Waals surface area contributed by atoms with E-state index >= 15 is 0 Å². The summed E-state index contributed by atoms with van der Waals surface area (Å²) in [5.74, 6) is 2.07. The van der Waals surface area contributed by atoms with E-state index in [4.69, 9.17) is 14.7 Å². The van der Waals surface area contributed by atoms with Gasteiger partial charge >= 0.3 is 0 Å². The number of nitrogens with one attached hydrogen (secondary N) is 1. The Bertz CT molecular complexity index is 1360. The normalized spacial score (nSPS) is 15.3. The number of rotatable bonds is 8. The van der Waals surface area contributed by atoms with Crippen molar-refractivity contribution in [3.05, 3.63) is 84.4 Å². The lowest BCUT2D eigenvalue weighted by Gasteiger charge is -2.21. The minimum absolute atomic E-state index is 0.226. The van der Waals surface area contributed by atoms with Crippen molar-refractivity contribution < 1.29 is 14.3 Å². The minimum atomic E-state index is -0.369. The molecule has 1 N–H and O–H groups in total. The first-order valence-corrected chi connectivity index (χ1v) is 12.2. The molecule has 7 nitrogen and oxygen atoms in total. The molecule has 0 spiro atoms. The fourth-order valence-corrected chi connectivity index (χ4v) is 4.80. The quantitative estimate of drug-likeness (QED) is 0.388. The molecule has 2 heterocycles. The molecule has 1 aliphatic heterocycles. The van der Waals surface area contributed by atoms with Crippen molar-refractivity contribution in [2.24, 2.45) is 0 Å². The van der Waals surface area contributed by atoms with Gasteiger partial charge in [-0.15, -0.1) is 0 Å². The number of nitrogens with zero attached hydrogens (tertiary/aromatic N) is 3. The number of ether oxygens (including phenoxy) is 1. The standard InChI is InChI=1S/C27H24N4O3S/c1-31(15-16-34-20-13-11-18(12-14-20)17-23-26(32)30-27(33)35-23)25-21-9-5-6-10-22(21)28-24(29-25)19-7-3-2-4-8-19/h2-14,23H,15-17H2,1H3,(H,30,32,33). The van der Waals surface area contributed by atoms with Crippen LogP contribution in [-0.2, 0) is 11.2 Å². The predicted octanol–water partition coefficient (Wildman–Crippen LogP) is 4.71. The summed E-state index contributed by atoms with van der Waals surface area (Å²) in [6.07, 6.45) is 0.510. The molecule has 1 aromatic heterocycles. The first-order valence-electron chi connectivity index (χ1n) is 11.3. The number of fused-ring (bicyclic) bond motifs is 1. The highest BCUT2D eigenvalue weighted by Gasteiger charge is 2.31. The average molecular weight is 485 g/mol. The van der Waals surface area contributed by atoms with Crippen LogP contribution in [0, 0.1) is 0 Å². The van der Waals surface area contributed by atoms with E-state index in [1.54, 1.807) is 0 Å². The van der Waals surface area contributed by atoms with E-state index in [-0.39, 0.29) is 16.4 Å². The third kappa shape index (κ3) is 5.27. The van der Waals surface area contributed by atoms with Crippen molar-refractivity contribution in [1.29, 1.82) is 0 Å². The minimum Gasteiger partial charge on any atom is -0.492 e. The molecule has 8 heteroatoms. The molecule has 1 atom stereocenters. The van der Waals surface area contributed by atoms with Gasteiger partial charge in [-0.2, -0.15) is 0 Å². The first kappa shape index (κ1) is 22.9. The molecule has 35 heavy (non-hydrogen) atoms. The van der Waals surface area contributed by atoms with Crippen LogP contribution in [0.3, 0.4) is 0 Å². The second-order valence-corrected chi connectivity index (χ2v) is 9.43. The maximum absolute atomic E-state index is 11.8. The average Bonchev–Trinajstić information content (AvgIpc) is 3.21. The lowest BCUT2D eigenvalue weighted by atomic mass is 10.1. The molecular formula is C27H24N4O3S. The molecule has 0 saturated carbocycles. The van der Waals surface area contributed by atoms with Gasteiger partial charge in [-0.1, -0.05) is 66.4 Å². The van der Waals surface area contributed by atoms with Gasteiger partial charge < -0.3 is 9.64 Å². The van der Waals surface area contributed by atoms with Crippen LogP contribution in [-0.4, -0.2) is 46.6 Å². The van der Waals surface area contributed by atoms with Crippen molar-refractivity contribution in [2.45, 2.75) is 11.7 Å². The number of amides is 2. The van der Waals surface area contributed by atoms with Crippen LogP contribution in [0.2, 0.25) is 0 Å². The lowest BCUT2D eigenvalue weighted by Crippen LogP contribution is -2.25. The lowest BCUT2D eigenvalue weighted by molar-refractivity contribution is -0.118. The van der Waals surface area contributed by atoms with E-state index in [0.717, 1.165) is 45.4 Å². The number of imide groups is 1. The SMILES string of the molecule is CN(CCOc1ccc(CC2SC(=O)NC2=O)cc1)c1nc(-c2ccccc2)nc2ccccc12. The summed E-state index contributed by atoms with van der Waals surface area (Å²) in [6, 6.07) is 25.6. The van der Waals surface area contributed by atoms with Gasteiger partial charge in [0.2, 0.25) is 5.91 Å². The number of anilines is 1. The molecule has 3 aromatic carbocycles. The monoisotopic (exact) mass is 484 g/mol. The molecule has 1 aliphatic rings. The topological polar surface area (TPSA) is 84.4 Å². The Balaban J connectivity index is 1.24. The number of thioether (sulfide) groups is 1. The number of benzene rings is 3. The predicted molar refractivity (Wildman–Crippen MR) is 139 cm³/mol. The number of hydrogen-bond donors (Lipinski definition) is 1. The van der Waals surface area contributed by atoms with E-state index in [0.29, 0.717) is 25.4 Å². The van der Waals surface area contributed by atoms with Crippen molar-refractivity contribution >= 4 is 39.6 Å². The zero-order valence-corrected chi connectivity index (χ0v) is 20.0. The second kappa shape index (κ2) is 10.1. The third-order valence-corrected chi connectivity index (χ3v) is 6.76. The molecule has 1 unspecified atom stereocenters. The summed E-state index contributed by atoms with van der Waals surface area (Å²) in [5.41, 5.74) is 2.86. The summed E-state index contributed by atoms with van der Waals surface area (Å²) < 4.78 is 5.96. The zero-order valence-electron chi connectivity index (χ0n) is 19.2. The summed E-state index contributed by atoms with van der Waals surface area (Å²) in [7, 11) is 2.00. The third-order valence-electron chi connectivity index (χ3n) is 5.78. The van der Waals surface area contributed by atoms with Crippen LogP contribution in [0.25, 0.3) is 22.3 Å². The summed E-state index contributed by atoms with van der Waals surface area (Å²) in [6.45, 7) is 1.11. The Hall–Kier alpha value is -3.91. The Morgan fingerprint density at radius 1 is 0.943 bits per heavy atom. The van der Waals surface area contributed by atoms with Gasteiger partial charge in [-0.25, -0.2) is 9.97 Å². The van der Waals surface area contributed by atoms with Crippen molar-refractivity contribution in [1.82, 2.24) is 15.3 Å². The Kier molecular flexibility index (Phi) is 6.63. The molecule has 1 fully saturated rings. The Morgan fingerprint density at radius 2 is 1.69 bits per heavy atom. The smallest absolute Gasteiger partial charge is 0.286 e. The van der Waals surface area contributed by atoms with Crippen LogP contribution in [0.1, 0.15) is 5.56 Å². The fraction of sp³-hybridized carbons (Fsp3) is 0.185. The van der Waals surface area contributed by atoms with Crippen LogP contribution in [0.5, 0.6) is 5.75 Å². The highest BCUT2D eigenvalue weighted by Crippen LogP contribution is 2.27. The van der Waals surface area contributed by atoms with Gasteiger partial charge in [0.25, 0.3) is 5.24 Å². The van der Waals surface area contributed by atoms with Crippen LogP contribution < -0.4 is 15.0 Å². The molecule has 1 saturated heterocycles. The van der Waals surface area contributed by atoms with E-state index in [1.807, 2.05) is 85.9 Å². The van der Waals surface area contributed by atoms with Gasteiger partial charge in [0.15, 0.2) is 5.82 Å². The van der Waals surface area contributed by atoms with Gasteiger partial charge in [0, 0.05) is 18.0 Å². The molecular weight excluding hydrogens is 460 g/mol. The van der Waals surface area contributed by atoms with Gasteiger partial charge in [0.1, 0.15) is 18.2 Å². The largest absolute Gasteiger partial charge is 0.492 e. The molecule has 4 aromatic rings. The summed E-state index contributed by atoms with van der Waals surface area (Å²) in [5, 5.41) is 2.66.